The summed E-state index contributed by atoms with van der Waals surface area (Å²) >= 11 is 0. The Morgan fingerprint density at radius 1 is 0.973 bits per heavy atom. The number of methoxy groups -OCH3 is 3. The average molecular weight is 515 g/mol. The van der Waals surface area contributed by atoms with Crippen molar-refractivity contribution in [3.63, 3.8) is 0 Å². The lowest BCUT2D eigenvalue weighted by Gasteiger charge is -2.36. The summed E-state index contributed by atoms with van der Waals surface area (Å²) in [5.74, 6) is 1.39. The van der Waals surface area contributed by atoms with E-state index in [1.54, 1.807) is 14.0 Å². The van der Waals surface area contributed by atoms with Crippen LogP contribution in [0, 0.1) is 17.8 Å². The topological polar surface area (TPSA) is 102 Å². The van der Waals surface area contributed by atoms with Crippen LogP contribution in [0.2, 0.25) is 0 Å². The highest BCUT2D eigenvalue weighted by atomic mass is 16.7. The Labute approximate surface area is 216 Å². The van der Waals surface area contributed by atoms with Gasteiger partial charge in [0, 0.05) is 28.5 Å². The molecule has 0 unspecified atom stereocenters. The number of aliphatic hydroxyl groups is 1. The normalized spacial score (nSPS) is 28.2. The molecule has 5 rings (SSSR count). The summed E-state index contributed by atoms with van der Waals surface area (Å²) in [5, 5.41) is 11.3. The first kappa shape index (κ1) is 25.3. The van der Waals surface area contributed by atoms with Crippen molar-refractivity contribution in [1.29, 1.82) is 0 Å². The molecule has 2 aromatic carbocycles. The lowest BCUT2D eigenvalue weighted by molar-refractivity contribution is -0.179. The smallest absolute Gasteiger partial charge is 0.338 e. The van der Waals surface area contributed by atoms with E-state index in [1.165, 1.54) is 21.1 Å². The molecule has 0 fully saturated rings. The summed E-state index contributed by atoms with van der Waals surface area (Å²) in [6, 6.07) is 3.85. The minimum Gasteiger partial charge on any atom is -0.493 e. The van der Waals surface area contributed by atoms with Gasteiger partial charge in [-0.2, -0.15) is 0 Å². The molecular formula is C28H34O9. The predicted octanol–water partition coefficient (Wildman–Crippen LogP) is 4.30. The number of carbonyl (C=O) groups excluding carboxylic acids is 1. The summed E-state index contributed by atoms with van der Waals surface area (Å²) in [6.07, 6.45) is -0.0879. The Balaban J connectivity index is 1.95. The van der Waals surface area contributed by atoms with Crippen molar-refractivity contribution >= 4 is 5.97 Å². The van der Waals surface area contributed by atoms with Crippen molar-refractivity contribution in [3.8, 4) is 45.6 Å². The molecule has 0 saturated carbocycles. The molecule has 200 valence electrons. The Kier molecular flexibility index (Phi) is 6.30. The van der Waals surface area contributed by atoms with E-state index in [4.69, 9.17) is 33.2 Å². The van der Waals surface area contributed by atoms with Crippen molar-refractivity contribution < 1.29 is 43.1 Å². The zero-order valence-corrected chi connectivity index (χ0v) is 22.3. The van der Waals surface area contributed by atoms with Crippen LogP contribution in [-0.4, -0.2) is 51.4 Å². The van der Waals surface area contributed by atoms with Crippen molar-refractivity contribution in [2.24, 2.45) is 17.8 Å². The van der Waals surface area contributed by atoms with Crippen LogP contribution in [-0.2, 0) is 16.0 Å². The molecule has 0 saturated heterocycles. The number of benzene rings is 2. The van der Waals surface area contributed by atoms with Gasteiger partial charge in [-0.15, -0.1) is 0 Å². The van der Waals surface area contributed by atoms with E-state index in [-0.39, 0.29) is 25.2 Å². The highest BCUT2D eigenvalue weighted by molar-refractivity contribution is 5.87. The van der Waals surface area contributed by atoms with Gasteiger partial charge in [0.15, 0.2) is 28.6 Å². The van der Waals surface area contributed by atoms with Gasteiger partial charge in [-0.3, -0.25) is 0 Å². The van der Waals surface area contributed by atoms with Gasteiger partial charge in [-0.1, -0.05) is 20.8 Å². The number of rotatable bonds is 3. The van der Waals surface area contributed by atoms with Crippen LogP contribution in [0.1, 0.15) is 44.9 Å². The quantitative estimate of drug-likeness (QED) is 0.601. The van der Waals surface area contributed by atoms with E-state index in [2.05, 4.69) is 6.92 Å². The van der Waals surface area contributed by atoms with E-state index < -0.39 is 23.6 Å². The molecular weight excluding hydrogens is 480 g/mol. The first-order valence-corrected chi connectivity index (χ1v) is 12.5. The van der Waals surface area contributed by atoms with Crippen LogP contribution in [0.4, 0.5) is 0 Å². The van der Waals surface area contributed by atoms with Gasteiger partial charge in [0.25, 0.3) is 0 Å². The number of hydrogen-bond donors (Lipinski definition) is 1. The second-order valence-electron chi connectivity index (χ2n) is 10.3. The molecule has 2 bridgehead atoms. The Hall–Kier alpha value is -3.33. The van der Waals surface area contributed by atoms with Crippen LogP contribution in [0.25, 0.3) is 11.1 Å². The van der Waals surface area contributed by atoms with E-state index >= 15 is 0 Å². The molecule has 0 aromatic heterocycles. The molecule has 2 heterocycles. The summed E-state index contributed by atoms with van der Waals surface area (Å²) in [4.78, 5) is 13.5. The predicted molar refractivity (Wildman–Crippen MR) is 134 cm³/mol. The Morgan fingerprint density at radius 2 is 1.70 bits per heavy atom. The lowest BCUT2D eigenvalue weighted by Crippen LogP contribution is -2.46. The first-order chi connectivity index (χ1) is 17.6. The summed E-state index contributed by atoms with van der Waals surface area (Å²) in [5.41, 5.74) is 1.30. The molecule has 2 aromatic rings. The zero-order valence-electron chi connectivity index (χ0n) is 22.3. The van der Waals surface area contributed by atoms with Gasteiger partial charge in [-0.05, 0) is 37.0 Å². The van der Waals surface area contributed by atoms with Gasteiger partial charge in [0.2, 0.25) is 18.3 Å². The molecule has 5 atom stereocenters. The van der Waals surface area contributed by atoms with Gasteiger partial charge < -0.3 is 38.3 Å². The van der Waals surface area contributed by atoms with Crippen molar-refractivity contribution in [2.75, 3.05) is 34.7 Å². The summed E-state index contributed by atoms with van der Waals surface area (Å²) in [7, 11) is 4.63. The van der Waals surface area contributed by atoms with Gasteiger partial charge >= 0.3 is 5.97 Å². The van der Waals surface area contributed by atoms with Gasteiger partial charge in [0.1, 0.15) is 6.10 Å². The summed E-state index contributed by atoms with van der Waals surface area (Å²) < 4.78 is 41.6. The van der Waals surface area contributed by atoms with Gasteiger partial charge in [-0.25, -0.2) is 4.79 Å². The fraction of sp³-hybridized carbons (Fsp3) is 0.536. The van der Waals surface area contributed by atoms with Crippen molar-refractivity contribution in [2.45, 2.75) is 45.8 Å². The van der Waals surface area contributed by atoms with Crippen LogP contribution >= 0.6 is 0 Å². The third-order valence-electron chi connectivity index (χ3n) is 8.13. The molecule has 1 N–H and O–H groups in total. The number of carbonyl (C=O) groups is 1. The number of ether oxygens (including phenoxy) is 7. The molecule has 9 nitrogen and oxygen atoms in total. The number of esters is 1. The highest BCUT2D eigenvalue weighted by Gasteiger charge is 2.46. The van der Waals surface area contributed by atoms with E-state index in [1.807, 2.05) is 19.1 Å². The molecule has 37 heavy (non-hydrogen) atoms. The Morgan fingerprint density at radius 3 is 2.38 bits per heavy atom. The average Bonchev–Trinajstić information content (AvgIpc) is 3.35. The standard InChI is InChI=1S/C28H34O9/c1-13-8-16-9-19-24(36-12-35-19)26-20(16)17-10-18(31-5)23(32-6)25(33-7)21(17)22(15(13)3)37-27(29)28(4,30)14(2)11-34-26/h9-10,13-15,22,30H,8,11-12H2,1-7H3/t13-,14+,15-,22+,28+/m0/s1. The van der Waals surface area contributed by atoms with Crippen LogP contribution in [0.3, 0.4) is 0 Å². The van der Waals surface area contributed by atoms with E-state index in [0.29, 0.717) is 52.0 Å². The lowest BCUT2D eigenvalue weighted by atomic mass is 9.75. The molecule has 0 amide bonds. The highest BCUT2D eigenvalue weighted by Crippen LogP contribution is 2.58. The van der Waals surface area contributed by atoms with Crippen LogP contribution < -0.4 is 28.4 Å². The second-order valence-corrected chi connectivity index (χ2v) is 10.3. The van der Waals surface area contributed by atoms with E-state index in [0.717, 1.165) is 11.1 Å². The van der Waals surface area contributed by atoms with Crippen LogP contribution in [0.15, 0.2) is 12.1 Å². The first-order valence-electron chi connectivity index (χ1n) is 12.5. The van der Waals surface area contributed by atoms with Crippen LogP contribution in [0.5, 0.6) is 34.5 Å². The van der Waals surface area contributed by atoms with Gasteiger partial charge in [0.05, 0.1) is 27.9 Å². The molecule has 3 aliphatic rings. The number of hydrogen-bond acceptors (Lipinski definition) is 9. The number of fused-ring (bicyclic) bond motifs is 2. The molecule has 9 heteroatoms. The second kappa shape index (κ2) is 9.20. The maximum atomic E-state index is 13.5. The molecule has 0 radical (unpaired) electrons. The fourth-order valence-corrected chi connectivity index (χ4v) is 5.39. The molecule has 2 aliphatic heterocycles. The summed E-state index contributed by atoms with van der Waals surface area (Å²) in [6.45, 7) is 7.47. The SMILES string of the molecule is COc1cc2c(c(OC)c1OC)[C@@H]1OC(=O)[C@](C)(O)[C@H](C)COc3c4c(cc(c3-2)C[C@H](C)[C@@H]1C)OCO4. The van der Waals surface area contributed by atoms with Crippen molar-refractivity contribution in [1.82, 2.24) is 0 Å². The maximum absolute atomic E-state index is 13.5. The maximum Gasteiger partial charge on any atom is 0.338 e. The third-order valence-corrected chi connectivity index (χ3v) is 8.13. The Bertz CT molecular complexity index is 1240. The minimum atomic E-state index is -1.80. The van der Waals surface area contributed by atoms with Crippen molar-refractivity contribution in [3.05, 3.63) is 23.3 Å². The largest absolute Gasteiger partial charge is 0.493 e. The monoisotopic (exact) mass is 514 g/mol. The third kappa shape index (κ3) is 3.82. The molecule has 1 aliphatic carbocycles. The minimum absolute atomic E-state index is 0.0455. The fourth-order valence-electron chi connectivity index (χ4n) is 5.39. The van der Waals surface area contributed by atoms with E-state index in [9.17, 15) is 9.90 Å². The zero-order chi connectivity index (χ0) is 26.6. The molecule has 0 spiro atoms.